The molecule has 2 aliphatic rings. The van der Waals surface area contributed by atoms with E-state index >= 15 is 0 Å². The Balaban J connectivity index is 1.66. The summed E-state index contributed by atoms with van der Waals surface area (Å²) >= 11 is 0. The number of hydrogen-bond donors (Lipinski definition) is 2. The minimum Gasteiger partial charge on any atom is -0.479 e. The lowest BCUT2D eigenvalue weighted by atomic mass is 10.2. The molecule has 1 aromatic carbocycles. The van der Waals surface area contributed by atoms with Gasteiger partial charge >= 0.3 is 0 Å². The van der Waals surface area contributed by atoms with E-state index in [0.29, 0.717) is 30.1 Å². The number of hydrogen-bond acceptors (Lipinski definition) is 4. The SMILES string of the molecule is C[C@H]1Oc2ccc(NC(=O)CN3CCCC3=O)cc2NC1=O. The number of carbonyl (C=O) groups excluding carboxylic acids is 3. The number of ether oxygens (including phenoxy) is 1. The van der Waals surface area contributed by atoms with Crippen LogP contribution in [0.15, 0.2) is 18.2 Å². The number of anilines is 2. The molecule has 0 aliphatic carbocycles. The van der Waals surface area contributed by atoms with Crippen molar-refractivity contribution in [3.8, 4) is 5.75 Å². The zero-order valence-corrected chi connectivity index (χ0v) is 12.2. The minimum atomic E-state index is -0.533. The minimum absolute atomic E-state index is 0.00948. The lowest BCUT2D eigenvalue weighted by Crippen LogP contribution is -2.35. The molecule has 2 heterocycles. The normalized spacial score (nSPS) is 20.2. The third-order valence-electron chi connectivity index (χ3n) is 3.70. The summed E-state index contributed by atoms with van der Waals surface area (Å²) in [5.74, 6) is 0.0975. The average molecular weight is 303 g/mol. The van der Waals surface area contributed by atoms with E-state index in [4.69, 9.17) is 4.74 Å². The molecule has 22 heavy (non-hydrogen) atoms. The second-order valence-electron chi connectivity index (χ2n) is 5.43. The van der Waals surface area contributed by atoms with Gasteiger partial charge in [-0.25, -0.2) is 0 Å². The Morgan fingerprint density at radius 3 is 3.00 bits per heavy atom. The number of amides is 3. The van der Waals surface area contributed by atoms with Gasteiger partial charge in [0.25, 0.3) is 5.91 Å². The van der Waals surface area contributed by atoms with Gasteiger partial charge in [-0.2, -0.15) is 0 Å². The molecule has 0 saturated carbocycles. The molecule has 7 heteroatoms. The maximum absolute atomic E-state index is 12.0. The molecule has 1 aromatic rings. The highest BCUT2D eigenvalue weighted by Crippen LogP contribution is 2.32. The molecule has 0 spiro atoms. The zero-order valence-electron chi connectivity index (χ0n) is 12.2. The van der Waals surface area contributed by atoms with Crippen molar-refractivity contribution in [2.24, 2.45) is 0 Å². The van der Waals surface area contributed by atoms with Gasteiger partial charge in [0.1, 0.15) is 5.75 Å². The zero-order chi connectivity index (χ0) is 15.7. The maximum Gasteiger partial charge on any atom is 0.265 e. The summed E-state index contributed by atoms with van der Waals surface area (Å²) in [4.78, 5) is 36.6. The van der Waals surface area contributed by atoms with Crippen LogP contribution in [0.2, 0.25) is 0 Å². The third kappa shape index (κ3) is 2.88. The summed E-state index contributed by atoms with van der Waals surface area (Å²) in [7, 11) is 0. The average Bonchev–Trinajstić information content (AvgIpc) is 2.86. The summed E-state index contributed by atoms with van der Waals surface area (Å²) in [5, 5.41) is 5.45. The first kappa shape index (κ1) is 14.4. The smallest absolute Gasteiger partial charge is 0.265 e. The van der Waals surface area contributed by atoms with E-state index in [9.17, 15) is 14.4 Å². The van der Waals surface area contributed by atoms with Gasteiger partial charge in [-0.1, -0.05) is 0 Å². The van der Waals surface area contributed by atoms with Crippen LogP contribution < -0.4 is 15.4 Å². The van der Waals surface area contributed by atoms with E-state index < -0.39 is 6.10 Å². The molecule has 2 aliphatic heterocycles. The lowest BCUT2D eigenvalue weighted by Gasteiger charge is -2.23. The van der Waals surface area contributed by atoms with Crippen molar-refractivity contribution >= 4 is 29.1 Å². The molecule has 1 atom stereocenters. The Hall–Kier alpha value is -2.57. The van der Waals surface area contributed by atoms with E-state index in [2.05, 4.69) is 10.6 Å². The second kappa shape index (κ2) is 5.67. The van der Waals surface area contributed by atoms with Gasteiger partial charge < -0.3 is 20.3 Å². The van der Waals surface area contributed by atoms with E-state index in [1.54, 1.807) is 30.0 Å². The van der Waals surface area contributed by atoms with Crippen LogP contribution in [0, 0.1) is 0 Å². The lowest BCUT2D eigenvalue weighted by molar-refractivity contribution is -0.131. The molecule has 3 rings (SSSR count). The van der Waals surface area contributed by atoms with E-state index in [1.165, 1.54) is 0 Å². The van der Waals surface area contributed by atoms with Crippen LogP contribution in [0.25, 0.3) is 0 Å². The predicted octanol–water partition coefficient (Wildman–Crippen LogP) is 0.967. The standard InChI is InChI=1S/C15H17N3O4/c1-9-15(21)17-11-7-10(4-5-12(11)22-9)16-13(19)8-18-6-2-3-14(18)20/h4-5,7,9H,2-3,6,8H2,1H3,(H,16,19)(H,17,21)/t9-/m1/s1. The fourth-order valence-corrected chi connectivity index (χ4v) is 2.53. The number of nitrogens with one attached hydrogen (secondary N) is 2. The molecule has 1 fully saturated rings. The molecule has 0 unspecified atom stereocenters. The molecule has 0 aromatic heterocycles. The molecular weight excluding hydrogens is 286 g/mol. The molecule has 3 amide bonds. The fraction of sp³-hybridized carbons (Fsp3) is 0.400. The summed E-state index contributed by atoms with van der Waals surface area (Å²) in [6.45, 7) is 2.34. The predicted molar refractivity (Wildman–Crippen MR) is 79.6 cm³/mol. The summed E-state index contributed by atoms with van der Waals surface area (Å²) in [6.07, 6.45) is 0.773. The number of carbonyl (C=O) groups is 3. The van der Waals surface area contributed by atoms with Gasteiger partial charge in [0, 0.05) is 18.7 Å². The van der Waals surface area contributed by atoms with Crippen molar-refractivity contribution in [3.63, 3.8) is 0 Å². The van der Waals surface area contributed by atoms with Crippen molar-refractivity contribution in [2.75, 3.05) is 23.7 Å². The molecular formula is C15H17N3O4. The van der Waals surface area contributed by atoms with Crippen molar-refractivity contribution in [2.45, 2.75) is 25.9 Å². The van der Waals surface area contributed by atoms with Crippen molar-refractivity contribution in [1.82, 2.24) is 4.90 Å². The monoisotopic (exact) mass is 303 g/mol. The summed E-state index contributed by atoms with van der Waals surface area (Å²) < 4.78 is 5.45. The van der Waals surface area contributed by atoms with Gasteiger partial charge in [-0.15, -0.1) is 0 Å². The van der Waals surface area contributed by atoms with Gasteiger partial charge in [-0.05, 0) is 31.5 Å². The van der Waals surface area contributed by atoms with Crippen LogP contribution in [0.3, 0.4) is 0 Å². The van der Waals surface area contributed by atoms with Crippen LogP contribution in [0.1, 0.15) is 19.8 Å². The number of fused-ring (bicyclic) bond motifs is 1. The maximum atomic E-state index is 12.0. The van der Waals surface area contributed by atoms with Gasteiger partial charge in [0.05, 0.1) is 12.2 Å². The van der Waals surface area contributed by atoms with E-state index in [-0.39, 0.29) is 24.3 Å². The molecule has 0 radical (unpaired) electrons. The molecule has 7 nitrogen and oxygen atoms in total. The number of benzene rings is 1. The quantitative estimate of drug-likeness (QED) is 0.871. The number of likely N-dealkylation sites (tertiary alicyclic amines) is 1. The number of nitrogens with zero attached hydrogens (tertiary/aromatic N) is 1. The molecule has 2 N–H and O–H groups in total. The van der Waals surface area contributed by atoms with Gasteiger partial charge in [0.15, 0.2) is 6.10 Å². The van der Waals surface area contributed by atoms with Crippen LogP contribution >= 0.6 is 0 Å². The summed E-state index contributed by atoms with van der Waals surface area (Å²) in [5.41, 5.74) is 1.08. The largest absolute Gasteiger partial charge is 0.479 e. The van der Waals surface area contributed by atoms with Crippen molar-refractivity contribution in [3.05, 3.63) is 18.2 Å². The summed E-state index contributed by atoms with van der Waals surface area (Å²) in [6, 6.07) is 5.04. The van der Waals surface area contributed by atoms with Crippen molar-refractivity contribution < 1.29 is 19.1 Å². The highest BCUT2D eigenvalue weighted by Gasteiger charge is 2.25. The van der Waals surface area contributed by atoms with E-state index in [1.807, 2.05) is 0 Å². The highest BCUT2D eigenvalue weighted by molar-refractivity contribution is 5.99. The first-order chi connectivity index (χ1) is 10.5. The Morgan fingerprint density at radius 1 is 1.45 bits per heavy atom. The molecule has 0 bridgehead atoms. The highest BCUT2D eigenvalue weighted by atomic mass is 16.5. The molecule has 1 saturated heterocycles. The fourth-order valence-electron chi connectivity index (χ4n) is 2.53. The Kier molecular flexibility index (Phi) is 3.70. The third-order valence-corrected chi connectivity index (χ3v) is 3.70. The van der Waals surface area contributed by atoms with Crippen LogP contribution in [0.4, 0.5) is 11.4 Å². The van der Waals surface area contributed by atoms with Gasteiger partial charge in [0.2, 0.25) is 11.8 Å². The topological polar surface area (TPSA) is 87.7 Å². The van der Waals surface area contributed by atoms with Crippen molar-refractivity contribution in [1.29, 1.82) is 0 Å². The van der Waals surface area contributed by atoms with Crippen LogP contribution in [-0.4, -0.2) is 41.8 Å². The first-order valence-corrected chi connectivity index (χ1v) is 7.22. The second-order valence-corrected chi connectivity index (χ2v) is 5.43. The van der Waals surface area contributed by atoms with Crippen LogP contribution in [0.5, 0.6) is 5.75 Å². The Morgan fingerprint density at radius 2 is 2.27 bits per heavy atom. The van der Waals surface area contributed by atoms with Gasteiger partial charge in [-0.3, -0.25) is 14.4 Å². The Labute approximate surface area is 127 Å². The molecule has 116 valence electrons. The Bertz CT molecular complexity index is 644. The number of rotatable bonds is 3. The van der Waals surface area contributed by atoms with Crippen LogP contribution in [-0.2, 0) is 14.4 Å². The first-order valence-electron chi connectivity index (χ1n) is 7.22. The van der Waals surface area contributed by atoms with E-state index in [0.717, 1.165) is 6.42 Å².